The number of benzene rings is 2. The fraction of sp³-hybridized carbons (Fsp3) is 0.222. The predicted molar refractivity (Wildman–Crippen MR) is 94.2 cm³/mol. The molecule has 0 amide bonds. The van der Waals surface area contributed by atoms with Gasteiger partial charge >= 0.3 is 0 Å². The largest absolute Gasteiger partial charge is 0.497 e. The summed E-state index contributed by atoms with van der Waals surface area (Å²) in [6, 6.07) is 12.1. The van der Waals surface area contributed by atoms with Gasteiger partial charge in [-0.2, -0.15) is 0 Å². The minimum atomic E-state index is -3.39. The van der Waals surface area contributed by atoms with E-state index < -0.39 is 9.84 Å². The van der Waals surface area contributed by atoms with E-state index in [9.17, 15) is 8.42 Å². The van der Waals surface area contributed by atoms with Crippen molar-refractivity contribution in [1.29, 1.82) is 0 Å². The van der Waals surface area contributed by atoms with Gasteiger partial charge in [0.1, 0.15) is 17.2 Å². The van der Waals surface area contributed by atoms with Crippen molar-refractivity contribution in [3.63, 3.8) is 0 Å². The van der Waals surface area contributed by atoms with Gasteiger partial charge in [-0.25, -0.2) is 8.42 Å². The molecule has 0 aliphatic carbocycles. The van der Waals surface area contributed by atoms with Crippen LogP contribution in [0.2, 0.25) is 0 Å². The van der Waals surface area contributed by atoms with Gasteiger partial charge in [0.25, 0.3) is 0 Å². The maximum absolute atomic E-state index is 12.3. The molecule has 0 unspecified atom stereocenters. The Kier molecular flexibility index (Phi) is 5.87. The molecule has 0 aliphatic heterocycles. The summed E-state index contributed by atoms with van der Waals surface area (Å²) in [5, 5.41) is 1.20. The molecule has 5 nitrogen and oxygen atoms in total. The van der Waals surface area contributed by atoms with E-state index in [0.717, 1.165) is 0 Å². The van der Waals surface area contributed by atoms with E-state index >= 15 is 0 Å². The van der Waals surface area contributed by atoms with Gasteiger partial charge in [-0.15, -0.1) is 0 Å². The Bertz CT molecular complexity index is 786. The van der Waals surface area contributed by atoms with Crippen LogP contribution in [-0.4, -0.2) is 29.7 Å². The number of hydrogen-bond acceptors (Lipinski definition) is 5. The quantitative estimate of drug-likeness (QED) is 0.768. The van der Waals surface area contributed by atoms with Gasteiger partial charge < -0.3 is 14.2 Å². The Morgan fingerprint density at radius 2 is 1.38 bits per heavy atom. The van der Waals surface area contributed by atoms with Crippen LogP contribution < -0.4 is 14.2 Å². The fourth-order valence-corrected chi connectivity index (χ4v) is 3.23. The highest BCUT2D eigenvalue weighted by Crippen LogP contribution is 2.24. The van der Waals surface area contributed by atoms with E-state index in [1.807, 2.05) is 0 Å². The first-order chi connectivity index (χ1) is 11.5. The molecule has 128 valence electrons. The summed E-state index contributed by atoms with van der Waals surface area (Å²) in [5.74, 6) is 1.81. The van der Waals surface area contributed by atoms with E-state index in [2.05, 4.69) is 0 Å². The lowest BCUT2D eigenvalue weighted by Crippen LogP contribution is -2.00. The van der Waals surface area contributed by atoms with Crippen molar-refractivity contribution in [3.05, 3.63) is 59.0 Å². The zero-order chi connectivity index (χ0) is 17.6. The molecule has 0 bridgehead atoms. The monoisotopic (exact) mass is 348 g/mol. The lowest BCUT2D eigenvalue weighted by molar-refractivity contribution is 0.394. The van der Waals surface area contributed by atoms with Crippen LogP contribution in [0.25, 0.3) is 6.08 Å². The van der Waals surface area contributed by atoms with Gasteiger partial charge in [0, 0.05) is 11.5 Å². The molecule has 2 aromatic carbocycles. The van der Waals surface area contributed by atoms with Crippen molar-refractivity contribution >= 4 is 15.9 Å². The number of methoxy groups -OCH3 is 3. The number of rotatable bonds is 7. The highest BCUT2D eigenvalue weighted by molar-refractivity contribution is 7.93. The molecule has 24 heavy (non-hydrogen) atoms. The summed E-state index contributed by atoms with van der Waals surface area (Å²) in [7, 11) is 1.26. The first kappa shape index (κ1) is 17.9. The zero-order valence-corrected chi connectivity index (χ0v) is 14.7. The molecular weight excluding hydrogens is 328 g/mol. The molecule has 0 radical (unpaired) electrons. The van der Waals surface area contributed by atoms with Crippen LogP contribution in [0.5, 0.6) is 17.2 Å². The van der Waals surface area contributed by atoms with Crippen LogP contribution in [0.15, 0.2) is 47.9 Å². The third-order valence-corrected chi connectivity index (χ3v) is 4.65. The van der Waals surface area contributed by atoms with Gasteiger partial charge in [-0.3, -0.25) is 0 Å². The number of hydrogen-bond donors (Lipinski definition) is 0. The van der Waals surface area contributed by atoms with Crippen molar-refractivity contribution in [2.45, 2.75) is 5.75 Å². The Balaban J connectivity index is 2.16. The second-order valence-corrected chi connectivity index (χ2v) is 6.99. The Hall–Kier alpha value is -2.47. The molecule has 0 N–H and O–H groups in total. The van der Waals surface area contributed by atoms with Crippen LogP contribution in [0.3, 0.4) is 0 Å². The summed E-state index contributed by atoms with van der Waals surface area (Å²) in [4.78, 5) is 0. The highest BCUT2D eigenvalue weighted by atomic mass is 32.2. The molecular formula is C18H20O5S. The first-order valence-electron chi connectivity index (χ1n) is 7.22. The average molecular weight is 348 g/mol. The van der Waals surface area contributed by atoms with Crippen molar-refractivity contribution in [2.75, 3.05) is 21.3 Å². The molecule has 0 fully saturated rings. The van der Waals surface area contributed by atoms with Crippen LogP contribution in [0.1, 0.15) is 11.1 Å². The third-order valence-electron chi connectivity index (χ3n) is 3.37. The van der Waals surface area contributed by atoms with Crippen LogP contribution in [0.4, 0.5) is 0 Å². The summed E-state index contributed by atoms with van der Waals surface area (Å²) >= 11 is 0. The normalized spacial score (nSPS) is 11.5. The van der Waals surface area contributed by atoms with E-state index in [1.54, 1.807) is 63.8 Å². The molecule has 0 atom stereocenters. The summed E-state index contributed by atoms with van der Waals surface area (Å²) in [6.07, 6.45) is 1.53. The maximum Gasteiger partial charge on any atom is 0.175 e. The molecule has 0 spiro atoms. The van der Waals surface area contributed by atoms with Gasteiger partial charge in [0.2, 0.25) is 0 Å². The molecule has 2 rings (SSSR count). The summed E-state index contributed by atoms with van der Waals surface area (Å²) in [5.41, 5.74) is 1.38. The molecule has 0 heterocycles. The molecule has 2 aromatic rings. The van der Waals surface area contributed by atoms with Gasteiger partial charge in [-0.1, -0.05) is 12.1 Å². The second-order valence-electron chi connectivity index (χ2n) is 5.10. The van der Waals surface area contributed by atoms with E-state index in [1.165, 1.54) is 11.5 Å². The van der Waals surface area contributed by atoms with Crippen LogP contribution in [-0.2, 0) is 15.6 Å². The SMILES string of the molecule is COc1ccc(CS(=O)(=O)C=Cc2cc(OC)cc(OC)c2)cc1. The van der Waals surface area contributed by atoms with Crippen molar-refractivity contribution in [2.24, 2.45) is 0 Å². The summed E-state index contributed by atoms with van der Waals surface area (Å²) in [6.45, 7) is 0. The van der Waals surface area contributed by atoms with Gasteiger partial charge in [0.05, 0.1) is 27.1 Å². The highest BCUT2D eigenvalue weighted by Gasteiger charge is 2.08. The minimum Gasteiger partial charge on any atom is -0.497 e. The van der Waals surface area contributed by atoms with E-state index in [-0.39, 0.29) is 5.75 Å². The molecule has 0 aliphatic rings. The lowest BCUT2D eigenvalue weighted by Gasteiger charge is -2.06. The zero-order valence-electron chi connectivity index (χ0n) is 13.9. The Morgan fingerprint density at radius 1 is 0.833 bits per heavy atom. The van der Waals surface area contributed by atoms with Crippen molar-refractivity contribution in [1.82, 2.24) is 0 Å². The predicted octanol–water partition coefficient (Wildman–Crippen LogP) is 3.30. The molecule has 6 heteroatoms. The smallest absolute Gasteiger partial charge is 0.175 e. The Morgan fingerprint density at radius 3 is 1.88 bits per heavy atom. The molecule has 0 saturated carbocycles. The van der Waals surface area contributed by atoms with Crippen LogP contribution in [0, 0.1) is 0 Å². The third kappa shape index (κ3) is 5.03. The van der Waals surface area contributed by atoms with Gasteiger partial charge in [-0.05, 0) is 41.5 Å². The van der Waals surface area contributed by atoms with Crippen LogP contribution >= 0.6 is 0 Å². The van der Waals surface area contributed by atoms with Crippen molar-refractivity contribution in [3.8, 4) is 17.2 Å². The Labute approximate surface area is 142 Å². The second kappa shape index (κ2) is 7.88. The lowest BCUT2D eigenvalue weighted by atomic mass is 10.2. The maximum atomic E-state index is 12.3. The molecule has 0 aromatic heterocycles. The fourth-order valence-electron chi connectivity index (χ4n) is 2.11. The number of ether oxygens (including phenoxy) is 3. The standard InChI is InChI=1S/C18H20O5S/c1-21-16-6-4-14(5-7-16)13-24(19,20)9-8-15-10-17(22-2)12-18(11-15)23-3/h4-12H,13H2,1-3H3. The first-order valence-corrected chi connectivity index (χ1v) is 8.94. The van der Waals surface area contributed by atoms with Crippen molar-refractivity contribution < 1.29 is 22.6 Å². The topological polar surface area (TPSA) is 61.8 Å². The molecule has 0 saturated heterocycles. The van der Waals surface area contributed by atoms with Gasteiger partial charge in [0.15, 0.2) is 9.84 Å². The van der Waals surface area contributed by atoms with E-state index in [4.69, 9.17) is 14.2 Å². The summed E-state index contributed by atoms with van der Waals surface area (Å²) < 4.78 is 39.9. The average Bonchev–Trinajstić information content (AvgIpc) is 2.60. The van der Waals surface area contributed by atoms with E-state index in [0.29, 0.717) is 28.4 Å². The number of sulfone groups is 1. The minimum absolute atomic E-state index is 0.0748.